The second-order valence-corrected chi connectivity index (χ2v) is 8.85. The molecule has 5 heteroatoms. The molecule has 32 heavy (non-hydrogen) atoms. The molecule has 5 nitrogen and oxygen atoms in total. The lowest BCUT2D eigenvalue weighted by molar-refractivity contribution is 0.0943. The van der Waals surface area contributed by atoms with Gasteiger partial charge >= 0.3 is 0 Å². The Morgan fingerprint density at radius 1 is 1.19 bits per heavy atom. The zero-order valence-electron chi connectivity index (χ0n) is 19.5. The number of methoxy groups -OCH3 is 1. The summed E-state index contributed by atoms with van der Waals surface area (Å²) < 4.78 is 5.28. The highest BCUT2D eigenvalue weighted by Crippen LogP contribution is 2.29. The number of amides is 1. The van der Waals surface area contributed by atoms with Crippen molar-refractivity contribution in [2.75, 3.05) is 26.7 Å². The Bertz CT molecular complexity index is 1090. The highest BCUT2D eigenvalue weighted by Gasteiger charge is 2.24. The van der Waals surface area contributed by atoms with E-state index in [0.717, 1.165) is 47.4 Å². The van der Waals surface area contributed by atoms with E-state index in [0.29, 0.717) is 24.1 Å². The van der Waals surface area contributed by atoms with Crippen molar-refractivity contribution in [3.05, 3.63) is 59.7 Å². The molecule has 1 aromatic heterocycles. The third kappa shape index (κ3) is 4.63. The number of ether oxygens (including phenoxy) is 1. The molecule has 0 spiro atoms. The SMILES string of the molecule is CCN1CCC[C@H]1CNC(=O)c1cc(-c2ccc(OC)cc2)nc2ccc(C(C)C)cc12. The average Bonchev–Trinajstić information content (AvgIpc) is 3.29. The summed E-state index contributed by atoms with van der Waals surface area (Å²) in [4.78, 5) is 20.7. The van der Waals surface area contributed by atoms with Crippen LogP contribution >= 0.6 is 0 Å². The predicted octanol–water partition coefficient (Wildman–Crippen LogP) is 5.25. The standard InChI is InChI=1S/C27H33N3O2/c1-5-30-14-6-7-21(30)17-28-27(31)24-16-26(19-8-11-22(32-4)12-9-19)29-25-13-10-20(18(2)3)15-23(24)25/h8-13,15-16,18,21H,5-7,14,17H2,1-4H3,(H,28,31)/t21-/m0/s1. The van der Waals surface area contributed by atoms with Gasteiger partial charge in [-0.05, 0) is 79.9 Å². The molecule has 4 rings (SSSR count). The van der Waals surface area contributed by atoms with Crippen molar-refractivity contribution in [2.45, 2.75) is 45.6 Å². The van der Waals surface area contributed by atoms with Crippen LogP contribution in [0, 0.1) is 0 Å². The van der Waals surface area contributed by atoms with E-state index in [4.69, 9.17) is 9.72 Å². The number of likely N-dealkylation sites (N-methyl/N-ethyl adjacent to an activating group) is 1. The van der Waals surface area contributed by atoms with Gasteiger partial charge in [0.2, 0.25) is 0 Å². The van der Waals surface area contributed by atoms with E-state index in [9.17, 15) is 4.79 Å². The number of rotatable bonds is 7. The van der Waals surface area contributed by atoms with Crippen molar-refractivity contribution >= 4 is 16.8 Å². The molecule has 1 fully saturated rings. The molecule has 168 valence electrons. The number of carbonyl (C=O) groups is 1. The van der Waals surface area contributed by atoms with E-state index in [1.165, 1.54) is 12.0 Å². The number of hydrogen-bond acceptors (Lipinski definition) is 4. The predicted molar refractivity (Wildman–Crippen MR) is 130 cm³/mol. The fraction of sp³-hybridized carbons (Fsp3) is 0.407. The van der Waals surface area contributed by atoms with Crippen LogP contribution in [0.1, 0.15) is 55.5 Å². The number of nitrogens with zero attached hydrogens (tertiary/aromatic N) is 2. The van der Waals surface area contributed by atoms with Gasteiger partial charge in [0.1, 0.15) is 5.75 Å². The van der Waals surface area contributed by atoms with E-state index in [-0.39, 0.29) is 5.91 Å². The van der Waals surface area contributed by atoms with Crippen molar-refractivity contribution in [3.8, 4) is 17.0 Å². The summed E-state index contributed by atoms with van der Waals surface area (Å²) in [5.41, 5.74) is 4.48. The highest BCUT2D eigenvalue weighted by molar-refractivity contribution is 6.07. The number of hydrogen-bond donors (Lipinski definition) is 1. The second kappa shape index (κ2) is 9.70. The number of likely N-dealkylation sites (tertiary alicyclic amines) is 1. The number of carbonyl (C=O) groups excluding carboxylic acids is 1. The molecule has 0 saturated carbocycles. The van der Waals surface area contributed by atoms with Gasteiger partial charge in [-0.3, -0.25) is 9.69 Å². The van der Waals surface area contributed by atoms with Crippen LogP contribution in [0.25, 0.3) is 22.2 Å². The van der Waals surface area contributed by atoms with Crippen LogP contribution in [0.3, 0.4) is 0 Å². The molecule has 0 radical (unpaired) electrons. The summed E-state index contributed by atoms with van der Waals surface area (Å²) >= 11 is 0. The van der Waals surface area contributed by atoms with Crippen molar-refractivity contribution in [2.24, 2.45) is 0 Å². The maximum Gasteiger partial charge on any atom is 0.252 e. The molecule has 0 unspecified atom stereocenters. The van der Waals surface area contributed by atoms with Crippen LogP contribution < -0.4 is 10.1 Å². The van der Waals surface area contributed by atoms with E-state index in [2.05, 4.69) is 43.1 Å². The van der Waals surface area contributed by atoms with Gasteiger partial charge in [-0.15, -0.1) is 0 Å². The lowest BCUT2D eigenvalue weighted by Gasteiger charge is -2.23. The molecule has 2 heterocycles. The molecular formula is C27H33N3O2. The van der Waals surface area contributed by atoms with Crippen LogP contribution in [0.5, 0.6) is 5.75 Å². The second-order valence-electron chi connectivity index (χ2n) is 8.85. The number of nitrogens with one attached hydrogen (secondary N) is 1. The van der Waals surface area contributed by atoms with Crippen molar-refractivity contribution < 1.29 is 9.53 Å². The van der Waals surface area contributed by atoms with Gasteiger partial charge in [-0.25, -0.2) is 4.98 Å². The van der Waals surface area contributed by atoms with E-state index in [1.54, 1.807) is 7.11 Å². The van der Waals surface area contributed by atoms with Crippen molar-refractivity contribution in [1.29, 1.82) is 0 Å². The highest BCUT2D eigenvalue weighted by atomic mass is 16.5. The lowest BCUT2D eigenvalue weighted by atomic mass is 9.97. The first-order chi connectivity index (χ1) is 15.5. The lowest BCUT2D eigenvalue weighted by Crippen LogP contribution is -2.40. The molecule has 1 aliphatic rings. The molecule has 0 bridgehead atoms. The van der Waals surface area contributed by atoms with Crippen LogP contribution in [0.2, 0.25) is 0 Å². The summed E-state index contributed by atoms with van der Waals surface area (Å²) in [7, 11) is 1.65. The topological polar surface area (TPSA) is 54.5 Å². The van der Waals surface area contributed by atoms with Gasteiger partial charge in [0, 0.05) is 23.5 Å². The summed E-state index contributed by atoms with van der Waals surface area (Å²) in [6.07, 6.45) is 2.34. The van der Waals surface area contributed by atoms with Crippen LogP contribution in [-0.2, 0) is 0 Å². The molecule has 1 N–H and O–H groups in total. The normalized spacial score (nSPS) is 16.6. The number of aromatic nitrogens is 1. The Kier molecular flexibility index (Phi) is 6.75. The Labute approximate surface area is 190 Å². The Hall–Kier alpha value is -2.92. The smallest absolute Gasteiger partial charge is 0.252 e. The van der Waals surface area contributed by atoms with Gasteiger partial charge in [0.05, 0.1) is 23.9 Å². The third-order valence-corrected chi connectivity index (χ3v) is 6.53. The zero-order chi connectivity index (χ0) is 22.7. The molecule has 1 atom stereocenters. The Balaban J connectivity index is 1.71. The van der Waals surface area contributed by atoms with Crippen molar-refractivity contribution in [1.82, 2.24) is 15.2 Å². The van der Waals surface area contributed by atoms with Crippen molar-refractivity contribution in [3.63, 3.8) is 0 Å². The van der Waals surface area contributed by atoms with Gasteiger partial charge in [0.25, 0.3) is 5.91 Å². The largest absolute Gasteiger partial charge is 0.497 e. The minimum Gasteiger partial charge on any atom is -0.497 e. The molecule has 1 saturated heterocycles. The summed E-state index contributed by atoms with van der Waals surface area (Å²) in [5, 5.41) is 4.12. The zero-order valence-corrected chi connectivity index (χ0v) is 19.5. The number of fused-ring (bicyclic) bond motifs is 1. The van der Waals surface area contributed by atoms with Gasteiger partial charge in [-0.2, -0.15) is 0 Å². The Morgan fingerprint density at radius 3 is 2.66 bits per heavy atom. The van der Waals surface area contributed by atoms with E-state index in [1.807, 2.05) is 36.4 Å². The number of pyridine rings is 1. The van der Waals surface area contributed by atoms with E-state index < -0.39 is 0 Å². The molecule has 0 aliphatic carbocycles. The van der Waals surface area contributed by atoms with Gasteiger partial charge in [0.15, 0.2) is 0 Å². The summed E-state index contributed by atoms with van der Waals surface area (Å²) in [5.74, 6) is 1.15. The minimum absolute atomic E-state index is 0.0315. The summed E-state index contributed by atoms with van der Waals surface area (Å²) in [6, 6.07) is 16.4. The third-order valence-electron chi connectivity index (χ3n) is 6.53. The summed E-state index contributed by atoms with van der Waals surface area (Å²) in [6.45, 7) is 9.34. The monoisotopic (exact) mass is 431 g/mol. The minimum atomic E-state index is -0.0315. The first-order valence-corrected chi connectivity index (χ1v) is 11.6. The molecular weight excluding hydrogens is 398 g/mol. The van der Waals surface area contributed by atoms with Crippen LogP contribution in [0.4, 0.5) is 0 Å². The molecule has 3 aromatic rings. The number of benzene rings is 2. The fourth-order valence-corrected chi connectivity index (χ4v) is 4.55. The average molecular weight is 432 g/mol. The first kappa shape index (κ1) is 22.3. The maximum absolute atomic E-state index is 13.4. The molecule has 1 aliphatic heterocycles. The maximum atomic E-state index is 13.4. The van der Waals surface area contributed by atoms with Gasteiger partial charge < -0.3 is 10.1 Å². The van der Waals surface area contributed by atoms with Crippen LogP contribution in [-0.4, -0.2) is 48.6 Å². The first-order valence-electron chi connectivity index (χ1n) is 11.6. The van der Waals surface area contributed by atoms with E-state index >= 15 is 0 Å². The fourth-order valence-electron chi connectivity index (χ4n) is 4.55. The van der Waals surface area contributed by atoms with Gasteiger partial charge in [-0.1, -0.05) is 26.8 Å². The quantitative estimate of drug-likeness (QED) is 0.555. The van der Waals surface area contributed by atoms with Crippen LogP contribution in [0.15, 0.2) is 48.5 Å². The molecule has 2 aromatic carbocycles. The molecule has 1 amide bonds. The Morgan fingerprint density at radius 2 is 1.97 bits per heavy atom.